The summed E-state index contributed by atoms with van der Waals surface area (Å²) in [7, 11) is 1.50. The fourth-order valence-electron chi connectivity index (χ4n) is 1.51. The molecule has 0 heterocycles. The van der Waals surface area contributed by atoms with E-state index in [0.717, 1.165) is 12.8 Å². The molecule has 0 aliphatic carbocycles. The van der Waals surface area contributed by atoms with Gasteiger partial charge in [0.2, 0.25) is 0 Å². The largest absolute Gasteiger partial charge is 0.493 e. The van der Waals surface area contributed by atoms with Crippen LogP contribution in [0, 0.1) is 0 Å². The molecule has 1 N–H and O–H groups in total. The number of hydrogen-bond donors (Lipinski definition) is 1. The first kappa shape index (κ1) is 15.3. The van der Waals surface area contributed by atoms with Crippen LogP contribution in [0.3, 0.4) is 0 Å². The minimum absolute atomic E-state index is 0.183. The van der Waals surface area contributed by atoms with Crippen molar-refractivity contribution in [2.45, 2.75) is 26.4 Å². The second-order valence-corrected chi connectivity index (χ2v) is 3.97. The van der Waals surface area contributed by atoms with Gasteiger partial charge in [0.1, 0.15) is 0 Å². The third-order valence-corrected chi connectivity index (χ3v) is 2.55. The lowest BCUT2D eigenvalue weighted by Crippen LogP contribution is -2.16. The van der Waals surface area contributed by atoms with Gasteiger partial charge in [-0.05, 0) is 12.5 Å². The number of unbranched alkanes of at least 4 members (excludes halogenated alkanes) is 1. The summed E-state index contributed by atoms with van der Waals surface area (Å²) in [5.74, 6) is 0.427. The molecule has 0 aliphatic rings. The lowest BCUT2D eigenvalue weighted by atomic mass is 10.2. The minimum atomic E-state index is -0.428. The van der Waals surface area contributed by atoms with Gasteiger partial charge in [-0.15, -0.1) is 0 Å². The first-order valence-electron chi connectivity index (χ1n) is 6.28. The summed E-state index contributed by atoms with van der Waals surface area (Å²) in [5, 5.41) is 9.23. The van der Waals surface area contributed by atoms with Crippen LogP contribution in [0.25, 0.3) is 0 Å². The fraction of sp³-hybridized carbons (Fsp3) is 0.500. The van der Waals surface area contributed by atoms with Crippen molar-refractivity contribution >= 4 is 5.97 Å². The highest BCUT2D eigenvalue weighted by atomic mass is 16.6. The van der Waals surface area contributed by atoms with Crippen molar-refractivity contribution in [3.05, 3.63) is 23.8 Å². The molecule has 1 aromatic carbocycles. The van der Waals surface area contributed by atoms with Gasteiger partial charge in [-0.3, -0.25) is 0 Å². The number of carbonyl (C=O) groups is 1. The molecule has 0 saturated carbocycles. The van der Waals surface area contributed by atoms with E-state index in [2.05, 4.69) is 0 Å². The molecule has 0 aromatic heterocycles. The van der Waals surface area contributed by atoms with Crippen LogP contribution >= 0.6 is 0 Å². The van der Waals surface area contributed by atoms with Crippen molar-refractivity contribution in [3.63, 3.8) is 0 Å². The van der Waals surface area contributed by atoms with Crippen LogP contribution in [0.1, 0.15) is 25.3 Å². The molecule has 0 unspecified atom stereocenters. The van der Waals surface area contributed by atoms with E-state index in [4.69, 9.17) is 14.2 Å². The van der Waals surface area contributed by atoms with Gasteiger partial charge >= 0.3 is 5.97 Å². The SMILES string of the molecule is CCCCOC(=O)COc1c(CO)cccc1OC. The average molecular weight is 268 g/mol. The van der Waals surface area contributed by atoms with E-state index in [1.165, 1.54) is 7.11 Å². The van der Waals surface area contributed by atoms with Gasteiger partial charge in [-0.25, -0.2) is 4.79 Å². The van der Waals surface area contributed by atoms with Crippen LogP contribution in [-0.2, 0) is 16.1 Å². The van der Waals surface area contributed by atoms with Crippen LogP contribution in [0.4, 0.5) is 0 Å². The number of rotatable bonds is 8. The van der Waals surface area contributed by atoms with Gasteiger partial charge in [-0.1, -0.05) is 25.5 Å². The fourth-order valence-corrected chi connectivity index (χ4v) is 1.51. The topological polar surface area (TPSA) is 65.0 Å². The summed E-state index contributed by atoms with van der Waals surface area (Å²) in [6.45, 7) is 2.04. The molecule has 5 nitrogen and oxygen atoms in total. The molecule has 0 saturated heterocycles. The molecule has 0 atom stereocenters. The number of aliphatic hydroxyl groups is 1. The van der Waals surface area contributed by atoms with Crippen molar-refractivity contribution < 1.29 is 24.1 Å². The van der Waals surface area contributed by atoms with Crippen LogP contribution in [0.5, 0.6) is 11.5 Å². The van der Waals surface area contributed by atoms with Crippen molar-refractivity contribution in [3.8, 4) is 11.5 Å². The quantitative estimate of drug-likeness (QED) is 0.576. The highest BCUT2D eigenvalue weighted by Crippen LogP contribution is 2.30. The minimum Gasteiger partial charge on any atom is -0.493 e. The van der Waals surface area contributed by atoms with Crippen LogP contribution in [-0.4, -0.2) is 31.4 Å². The van der Waals surface area contributed by atoms with Crippen LogP contribution < -0.4 is 9.47 Å². The van der Waals surface area contributed by atoms with Crippen molar-refractivity contribution in [2.75, 3.05) is 20.3 Å². The van der Waals surface area contributed by atoms with Gasteiger partial charge in [0, 0.05) is 5.56 Å². The van der Waals surface area contributed by atoms with E-state index in [1.807, 2.05) is 6.92 Å². The Labute approximate surface area is 113 Å². The Kier molecular flexibility index (Phi) is 6.74. The number of esters is 1. The van der Waals surface area contributed by atoms with E-state index in [1.54, 1.807) is 18.2 Å². The van der Waals surface area contributed by atoms with Crippen molar-refractivity contribution in [2.24, 2.45) is 0 Å². The molecule has 0 amide bonds. The van der Waals surface area contributed by atoms with Gasteiger partial charge in [-0.2, -0.15) is 0 Å². The highest BCUT2D eigenvalue weighted by molar-refractivity contribution is 5.71. The van der Waals surface area contributed by atoms with Gasteiger partial charge in [0.25, 0.3) is 0 Å². The van der Waals surface area contributed by atoms with Crippen molar-refractivity contribution in [1.82, 2.24) is 0 Å². The Morgan fingerprint density at radius 3 is 2.79 bits per heavy atom. The number of benzene rings is 1. The summed E-state index contributed by atoms with van der Waals surface area (Å²) in [6, 6.07) is 5.16. The van der Waals surface area contributed by atoms with E-state index < -0.39 is 5.97 Å². The third-order valence-electron chi connectivity index (χ3n) is 2.55. The maximum absolute atomic E-state index is 11.4. The zero-order valence-electron chi connectivity index (χ0n) is 11.3. The lowest BCUT2D eigenvalue weighted by molar-refractivity contribution is -0.146. The Morgan fingerprint density at radius 1 is 1.37 bits per heavy atom. The molecule has 0 radical (unpaired) electrons. The average Bonchev–Trinajstić information content (AvgIpc) is 2.44. The first-order chi connectivity index (χ1) is 9.22. The highest BCUT2D eigenvalue weighted by Gasteiger charge is 2.12. The second kappa shape index (κ2) is 8.37. The number of methoxy groups -OCH3 is 1. The van der Waals surface area contributed by atoms with Gasteiger partial charge in [0.15, 0.2) is 18.1 Å². The zero-order chi connectivity index (χ0) is 14.1. The molecule has 106 valence electrons. The summed E-state index contributed by atoms with van der Waals surface area (Å²) in [6.07, 6.45) is 1.80. The summed E-state index contributed by atoms with van der Waals surface area (Å²) >= 11 is 0. The lowest BCUT2D eigenvalue weighted by Gasteiger charge is -2.13. The summed E-state index contributed by atoms with van der Waals surface area (Å²) in [4.78, 5) is 11.4. The van der Waals surface area contributed by atoms with Gasteiger partial charge < -0.3 is 19.3 Å². The molecular weight excluding hydrogens is 248 g/mol. The molecule has 0 spiro atoms. The van der Waals surface area contributed by atoms with E-state index in [0.29, 0.717) is 23.7 Å². The maximum Gasteiger partial charge on any atom is 0.344 e. The Balaban J connectivity index is 2.58. The number of ether oxygens (including phenoxy) is 3. The number of hydrogen-bond acceptors (Lipinski definition) is 5. The molecule has 0 bridgehead atoms. The normalized spacial score (nSPS) is 10.1. The molecular formula is C14H20O5. The summed E-state index contributed by atoms with van der Waals surface area (Å²) < 4.78 is 15.5. The Bertz CT molecular complexity index is 381. The number of aliphatic hydroxyl groups excluding tert-OH is 1. The van der Waals surface area contributed by atoms with E-state index in [-0.39, 0.29) is 13.2 Å². The van der Waals surface area contributed by atoms with Crippen LogP contribution in [0.2, 0.25) is 0 Å². The summed E-state index contributed by atoms with van der Waals surface area (Å²) in [5.41, 5.74) is 0.570. The number of carbonyl (C=O) groups excluding carboxylic acids is 1. The zero-order valence-corrected chi connectivity index (χ0v) is 11.3. The molecule has 1 aromatic rings. The predicted molar refractivity (Wildman–Crippen MR) is 70.3 cm³/mol. The predicted octanol–water partition coefficient (Wildman–Crippen LogP) is 1.91. The first-order valence-corrected chi connectivity index (χ1v) is 6.28. The smallest absolute Gasteiger partial charge is 0.344 e. The molecule has 5 heteroatoms. The number of para-hydroxylation sites is 1. The molecule has 0 fully saturated rings. The van der Waals surface area contributed by atoms with Crippen molar-refractivity contribution in [1.29, 1.82) is 0 Å². The third kappa shape index (κ3) is 4.79. The van der Waals surface area contributed by atoms with E-state index >= 15 is 0 Å². The Hall–Kier alpha value is -1.75. The molecule has 0 aliphatic heterocycles. The van der Waals surface area contributed by atoms with E-state index in [9.17, 15) is 9.90 Å². The monoisotopic (exact) mass is 268 g/mol. The van der Waals surface area contributed by atoms with Crippen LogP contribution in [0.15, 0.2) is 18.2 Å². The van der Waals surface area contributed by atoms with Gasteiger partial charge in [0.05, 0.1) is 20.3 Å². The second-order valence-electron chi connectivity index (χ2n) is 3.97. The standard InChI is InChI=1S/C14H20O5/c1-3-4-8-18-13(16)10-19-14-11(9-15)6-5-7-12(14)17-2/h5-7,15H,3-4,8-10H2,1-2H3. The molecule has 19 heavy (non-hydrogen) atoms. The maximum atomic E-state index is 11.4. The molecule has 1 rings (SSSR count). The Morgan fingerprint density at radius 2 is 2.16 bits per heavy atom.